The molecule has 0 saturated carbocycles. The highest BCUT2D eigenvalue weighted by molar-refractivity contribution is 6.05. The van der Waals surface area contributed by atoms with Crippen molar-refractivity contribution in [3.05, 3.63) is 35.9 Å². The molecule has 2 heterocycles. The molecule has 11 nitrogen and oxygen atoms in total. The number of nitrogens with one attached hydrogen (secondary N) is 3. The van der Waals surface area contributed by atoms with Gasteiger partial charge in [-0.3, -0.25) is 19.2 Å². The van der Waals surface area contributed by atoms with Gasteiger partial charge >= 0.3 is 0 Å². The maximum atomic E-state index is 12.7. The second kappa shape index (κ2) is 9.47. The first-order valence-corrected chi connectivity index (χ1v) is 9.66. The number of primary amides is 1. The van der Waals surface area contributed by atoms with Crippen LogP contribution in [0, 0.1) is 0 Å². The third-order valence-electron chi connectivity index (χ3n) is 4.29. The molecular formula is C20H30N7O4+. The van der Waals surface area contributed by atoms with E-state index in [0.29, 0.717) is 33.8 Å². The fraction of sp³-hybridized carbons (Fsp3) is 0.400. The van der Waals surface area contributed by atoms with Gasteiger partial charge in [-0.15, -0.1) is 0 Å². The van der Waals surface area contributed by atoms with E-state index in [0.717, 1.165) is 0 Å². The Labute approximate surface area is 180 Å². The van der Waals surface area contributed by atoms with Crippen molar-refractivity contribution in [3.8, 4) is 0 Å². The monoisotopic (exact) mass is 432 g/mol. The number of amides is 4. The number of hydrogen-bond acceptors (Lipinski definition) is 4. The molecule has 0 aromatic carbocycles. The average Bonchev–Trinajstić information content (AvgIpc) is 3.14. The van der Waals surface area contributed by atoms with Gasteiger partial charge in [0.1, 0.15) is 11.4 Å². The van der Waals surface area contributed by atoms with Gasteiger partial charge in [0.25, 0.3) is 17.7 Å². The summed E-state index contributed by atoms with van der Waals surface area (Å²) in [6, 6.07) is 3.12. The Kier molecular flexibility index (Phi) is 7.24. The van der Waals surface area contributed by atoms with E-state index in [2.05, 4.69) is 16.0 Å². The Balaban J connectivity index is 2.04. The topological polar surface area (TPSA) is 140 Å². The fourth-order valence-corrected chi connectivity index (χ4v) is 2.93. The molecule has 5 N–H and O–H groups in total. The van der Waals surface area contributed by atoms with Crippen LogP contribution in [0.3, 0.4) is 0 Å². The third-order valence-corrected chi connectivity index (χ3v) is 4.29. The second-order valence-electron chi connectivity index (χ2n) is 8.37. The Hall–Kier alpha value is -3.60. The highest BCUT2D eigenvalue weighted by Crippen LogP contribution is 2.17. The van der Waals surface area contributed by atoms with Crippen LogP contribution in [0.1, 0.15) is 27.4 Å². The summed E-state index contributed by atoms with van der Waals surface area (Å²) in [6.07, 6.45) is 3.31. The van der Waals surface area contributed by atoms with Crippen molar-refractivity contribution in [2.24, 2.45) is 19.8 Å². The van der Waals surface area contributed by atoms with Crippen LogP contribution in [-0.4, -0.2) is 71.5 Å². The van der Waals surface area contributed by atoms with E-state index in [4.69, 9.17) is 5.73 Å². The van der Waals surface area contributed by atoms with Gasteiger partial charge < -0.3 is 35.3 Å². The first kappa shape index (κ1) is 23.7. The molecule has 0 spiro atoms. The maximum Gasteiger partial charge on any atom is 0.279 e. The summed E-state index contributed by atoms with van der Waals surface area (Å²) in [5, 5.41) is 8.13. The van der Waals surface area contributed by atoms with Crippen LogP contribution in [0.2, 0.25) is 0 Å². The van der Waals surface area contributed by atoms with Crippen LogP contribution in [-0.2, 0) is 23.7 Å². The number of hydrogen-bond donors (Lipinski definition) is 4. The zero-order valence-corrected chi connectivity index (χ0v) is 18.5. The van der Waals surface area contributed by atoms with Crippen LogP contribution < -0.4 is 21.7 Å². The zero-order valence-electron chi connectivity index (χ0n) is 18.5. The number of quaternary nitrogens is 1. The minimum absolute atomic E-state index is 0.0425. The summed E-state index contributed by atoms with van der Waals surface area (Å²) < 4.78 is 3.66. The van der Waals surface area contributed by atoms with E-state index in [-0.39, 0.29) is 30.7 Å². The standard InChI is InChI=1S/C20H29N7O4/c1-25-11-14(9-15(25)19(30)22-7-6-17(21)28)24-20(31)16-8-13(10-26(16)2)23-18(29)12-27(3,4)5/h8-11H,6-7,12H2,1-5H3,(H4-,21,22,23,24,28,29,30,31)/p+1. The average molecular weight is 433 g/mol. The summed E-state index contributed by atoms with van der Waals surface area (Å²) in [7, 11) is 9.11. The molecule has 31 heavy (non-hydrogen) atoms. The normalized spacial score (nSPS) is 11.1. The first-order valence-electron chi connectivity index (χ1n) is 9.66. The number of aromatic nitrogens is 2. The lowest BCUT2D eigenvalue weighted by atomic mass is 10.3. The van der Waals surface area contributed by atoms with Gasteiger partial charge in [-0.05, 0) is 12.1 Å². The molecular weight excluding hydrogens is 402 g/mol. The van der Waals surface area contributed by atoms with Gasteiger partial charge in [-0.1, -0.05) is 0 Å². The molecule has 2 aromatic rings. The van der Waals surface area contributed by atoms with Gasteiger partial charge in [0.15, 0.2) is 6.54 Å². The lowest BCUT2D eigenvalue weighted by molar-refractivity contribution is -0.861. The summed E-state index contributed by atoms with van der Waals surface area (Å²) in [6.45, 7) is 0.428. The smallest absolute Gasteiger partial charge is 0.279 e. The number of carbonyl (C=O) groups is 4. The van der Waals surface area contributed by atoms with Crippen LogP contribution >= 0.6 is 0 Å². The number of rotatable bonds is 9. The van der Waals surface area contributed by atoms with Crippen molar-refractivity contribution in [1.82, 2.24) is 14.5 Å². The van der Waals surface area contributed by atoms with Crippen LogP contribution in [0.15, 0.2) is 24.5 Å². The Morgan fingerprint density at radius 2 is 1.42 bits per heavy atom. The summed E-state index contributed by atoms with van der Waals surface area (Å²) in [4.78, 5) is 47.8. The van der Waals surface area contributed by atoms with Crippen LogP contribution in [0.25, 0.3) is 0 Å². The van der Waals surface area contributed by atoms with Gasteiger partial charge in [-0.2, -0.15) is 0 Å². The minimum Gasteiger partial charge on any atom is -0.370 e. The molecule has 0 bridgehead atoms. The molecule has 11 heteroatoms. The van der Waals surface area contributed by atoms with Crippen molar-refractivity contribution in [3.63, 3.8) is 0 Å². The third kappa shape index (κ3) is 7.00. The Bertz CT molecular complexity index is 998. The van der Waals surface area contributed by atoms with Crippen molar-refractivity contribution in [2.75, 3.05) is 44.9 Å². The molecule has 4 amide bonds. The predicted octanol–water partition coefficient (Wildman–Crippen LogP) is -0.134. The minimum atomic E-state index is -0.504. The summed E-state index contributed by atoms with van der Waals surface area (Å²) in [5.41, 5.74) is 6.68. The molecule has 0 radical (unpaired) electrons. The van der Waals surface area contributed by atoms with Crippen molar-refractivity contribution in [1.29, 1.82) is 0 Å². The second-order valence-corrected chi connectivity index (χ2v) is 8.37. The number of likely N-dealkylation sites (N-methyl/N-ethyl adjacent to an activating group) is 1. The number of anilines is 2. The van der Waals surface area contributed by atoms with Gasteiger partial charge in [0.2, 0.25) is 5.91 Å². The lowest BCUT2D eigenvalue weighted by Crippen LogP contribution is -2.41. The molecule has 0 aliphatic carbocycles. The molecule has 0 saturated heterocycles. The van der Waals surface area contributed by atoms with Crippen LogP contribution in [0.5, 0.6) is 0 Å². The van der Waals surface area contributed by atoms with Crippen molar-refractivity contribution in [2.45, 2.75) is 6.42 Å². The molecule has 0 aliphatic rings. The predicted molar refractivity (Wildman–Crippen MR) is 116 cm³/mol. The largest absolute Gasteiger partial charge is 0.370 e. The Morgan fingerprint density at radius 3 is 1.94 bits per heavy atom. The van der Waals surface area contributed by atoms with E-state index >= 15 is 0 Å². The van der Waals surface area contributed by atoms with E-state index in [1.165, 1.54) is 6.07 Å². The molecule has 2 rings (SSSR count). The molecule has 0 atom stereocenters. The molecule has 168 valence electrons. The van der Waals surface area contributed by atoms with E-state index in [1.54, 1.807) is 41.7 Å². The Morgan fingerprint density at radius 1 is 0.903 bits per heavy atom. The van der Waals surface area contributed by atoms with Crippen LogP contribution in [0.4, 0.5) is 11.4 Å². The van der Waals surface area contributed by atoms with Gasteiger partial charge in [0.05, 0.1) is 32.5 Å². The first-order chi connectivity index (χ1) is 14.4. The summed E-state index contributed by atoms with van der Waals surface area (Å²) in [5.74, 6) is -1.43. The molecule has 0 fully saturated rings. The number of carbonyl (C=O) groups excluding carboxylic acids is 4. The number of aryl methyl sites for hydroxylation is 2. The lowest BCUT2D eigenvalue weighted by Gasteiger charge is -2.22. The summed E-state index contributed by atoms with van der Waals surface area (Å²) >= 11 is 0. The van der Waals surface area contributed by atoms with Crippen molar-refractivity contribution >= 4 is 35.0 Å². The van der Waals surface area contributed by atoms with Gasteiger partial charge in [-0.25, -0.2) is 0 Å². The van der Waals surface area contributed by atoms with E-state index in [9.17, 15) is 19.2 Å². The highest BCUT2D eigenvalue weighted by atomic mass is 16.2. The van der Waals surface area contributed by atoms with Gasteiger partial charge in [0, 0.05) is 39.5 Å². The molecule has 0 unspecified atom stereocenters. The quantitative estimate of drug-likeness (QED) is 0.410. The SMILES string of the molecule is Cn1cc(NC(=O)c2cc(NC(=O)C[N+](C)(C)C)cn2C)cc1C(=O)NCCC(N)=O. The fourth-order valence-electron chi connectivity index (χ4n) is 2.93. The zero-order chi connectivity index (χ0) is 23.3. The van der Waals surface area contributed by atoms with E-state index in [1.807, 2.05) is 21.1 Å². The highest BCUT2D eigenvalue weighted by Gasteiger charge is 2.19. The molecule has 0 aliphatic heterocycles. The number of nitrogens with two attached hydrogens (primary N) is 1. The maximum absolute atomic E-state index is 12.7. The van der Waals surface area contributed by atoms with Crippen molar-refractivity contribution < 1.29 is 23.7 Å². The number of nitrogens with zero attached hydrogens (tertiary/aromatic N) is 3. The molecule has 2 aromatic heterocycles. The van der Waals surface area contributed by atoms with E-state index < -0.39 is 5.91 Å².